The van der Waals surface area contributed by atoms with Gasteiger partial charge in [-0.3, -0.25) is 15.6 Å². The smallest absolute Gasteiger partial charge is 0.437 e. The van der Waals surface area contributed by atoms with Gasteiger partial charge in [-0.1, -0.05) is 71.4 Å². The molecule has 21 heteroatoms. The van der Waals surface area contributed by atoms with E-state index in [4.69, 9.17) is 27.3 Å². The average molecular weight is 957 g/mol. The van der Waals surface area contributed by atoms with E-state index >= 15 is 0 Å². The Morgan fingerprint density at radius 1 is 0.803 bits per heavy atom. The zero-order chi connectivity index (χ0) is 49.5. The van der Waals surface area contributed by atoms with Crippen molar-refractivity contribution in [1.82, 2.24) is 35.7 Å². The second-order valence-corrected chi connectivity index (χ2v) is 21.2. The van der Waals surface area contributed by atoms with Crippen molar-refractivity contribution < 1.29 is 54.9 Å². The number of carbonyl (C=O) groups excluding carboxylic acids is 4. The number of alkyl carbamates (subject to hydrolysis) is 2. The largest absolute Gasteiger partial charge is 0.444 e. The van der Waals surface area contributed by atoms with E-state index in [-0.39, 0.29) is 38.6 Å². The van der Waals surface area contributed by atoms with E-state index in [1.54, 1.807) is 73.4 Å². The van der Waals surface area contributed by atoms with Crippen molar-refractivity contribution in [3.63, 3.8) is 0 Å². The van der Waals surface area contributed by atoms with E-state index in [9.17, 15) is 27.6 Å². The van der Waals surface area contributed by atoms with Crippen LogP contribution in [0.25, 0.3) is 0 Å². The summed E-state index contributed by atoms with van der Waals surface area (Å²) in [5, 5.41) is 11.7. The van der Waals surface area contributed by atoms with Gasteiger partial charge in [-0.15, -0.1) is 4.28 Å². The normalized spacial score (nSPS) is 16.9. The minimum atomic E-state index is -4.69. The molecule has 66 heavy (non-hydrogen) atoms. The van der Waals surface area contributed by atoms with Crippen molar-refractivity contribution in [2.45, 2.75) is 208 Å². The van der Waals surface area contributed by atoms with Crippen LogP contribution in [0.3, 0.4) is 0 Å². The van der Waals surface area contributed by atoms with Crippen molar-refractivity contribution in [2.24, 2.45) is 4.99 Å². The lowest BCUT2D eigenvalue weighted by Gasteiger charge is -2.43. The zero-order valence-electron chi connectivity index (χ0n) is 42.0. The van der Waals surface area contributed by atoms with E-state index in [0.717, 1.165) is 69.3 Å². The van der Waals surface area contributed by atoms with Crippen LogP contribution in [-0.4, -0.2) is 125 Å². The lowest BCUT2D eigenvalue weighted by molar-refractivity contribution is -0.172. The molecule has 0 aliphatic carbocycles. The second kappa shape index (κ2) is 24.7. The van der Waals surface area contributed by atoms with Gasteiger partial charge in [0, 0.05) is 44.2 Å². The van der Waals surface area contributed by atoms with Crippen molar-refractivity contribution in [3.05, 3.63) is 17.5 Å². The Bertz CT molecular complexity index is 1830. The number of piperidine rings is 1. The molecule has 1 aromatic rings. The number of hydrogen-bond donors (Lipinski definition) is 2. The van der Waals surface area contributed by atoms with Gasteiger partial charge < -0.3 is 28.5 Å². The van der Waals surface area contributed by atoms with Crippen LogP contribution >= 0.6 is 0 Å². The molecule has 0 spiro atoms. The number of hydrogen-bond acceptors (Lipinski definition) is 15. The third kappa shape index (κ3) is 18.5. The number of hydroxylamine groups is 4. The topological polar surface area (TPSA) is 224 Å². The molecule has 2 saturated heterocycles. The van der Waals surface area contributed by atoms with Crippen LogP contribution in [0.4, 0.5) is 19.2 Å². The number of guanidine groups is 1. The Labute approximate surface area is 393 Å². The first kappa shape index (κ1) is 56.1. The first-order valence-corrected chi connectivity index (χ1v) is 25.1. The first-order chi connectivity index (χ1) is 30.7. The van der Waals surface area contributed by atoms with E-state index in [1.807, 2.05) is 6.92 Å². The third-order valence-corrected chi connectivity index (χ3v) is 11.4. The number of unbranched alkanes of at least 4 members (excludes halogenated alkanes) is 3. The van der Waals surface area contributed by atoms with Crippen LogP contribution in [0, 0.1) is 0 Å². The molecule has 3 heterocycles. The molecule has 2 bridgehead atoms. The molecule has 0 radical (unpaired) electrons. The molecule has 0 unspecified atom stereocenters. The van der Waals surface area contributed by atoms with Crippen LogP contribution in [-0.2, 0) is 39.6 Å². The van der Waals surface area contributed by atoms with Gasteiger partial charge in [-0.05, 0) is 101 Å². The molecule has 0 aromatic carbocycles. The number of nitrogens with zero attached hydrogens (tertiary/aromatic N) is 6. The summed E-state index contributed by atoms with van der Waals surface area (Å²) in [5.41, 5.74) is -2.49. The maximum Gasteiger partial charge on any atom is 0.437 e. The highest BCUT2D eigenvalue weighted by Gasteiger charge is 2.49. The molecule has 3 rings (SSSR count). The summed E-state index contributed by atoms with van der Waals surface area (Å²) < 4.78 is 61.0. The molecule has 378 valence electrons. The fourth-order valence-electron chi connectivity index (χ4n) is 7.80. The van der Waals surface area contributed by atoms with Crippen LogP contribution in [0.15, 0.2) is 15.6 Å². The Morgan fingerprint density at radius 3 is 1.91 bits per heavy atom. The van der Waals surface area contributed by atoms with E-state index in [0.29, 0.717) is 30.8 Å². The lowest BCUT2D eigenvalue weighted by Crippen LogP contribution is -2.51. The summed E-state index contributed by atoms with van der Waals surface area (Å²) in [6.07, 6.45) is 7.34. The van der Waals surface area contributed by atoms with Gasteiger partial charge in [0.15, 0.2) is 0 Å². The number of nitrogens with one attached hydrogen (secondary N) is 2. The molecule has 1 aromatic heterocycles. The highest BCUT2D eigenvalue weighted by atomic mass is 32.3. The van der Waals surface area contributed by atoms with E-state index in [2.05, 4.69) is 41.6 Å². The quantitative estimate of drug-likeness (QED) is 0.0452. The maximum atomic E-state index is 13.9. The molecule has 0 saturated carbocycles. The average Bonchev–Trinajstić information content (AvgIpc) is 3.75. The van der Waals surface area contributed by atoms with Gasteiger partial charge in [-0.25, -0.2) is 19.2 Å². The summed E-state index contributed by atoms with van der Waals surface area (Å²) in [6, 6.07) is 0.0583. The van der Waals surface area contributed by atoms with Gasteiger partial charge in [0.1, 0.15) is 28.3 Å². The maximum absolute atomic E-state index is 13.9. The van der Waals surface area contributed by atoms with Gasteiger partial charge in [-0.2, -0.15) is 22.8 Å². The highest BCUT2D eigenvalue weighted by Crippen LogP contribution is 2.40. The lowest BCUT2D eigenvalue weighted by atomic mass is 9.82. The summed E-state index contributed by atoms with van der Waals surface area (Å²) >= 11 is 0. The molecular formula is C45H80N8O12S. The molecule has 2 aliphatic rings. The number of urea groups is 1. The van der Waals surface area contributed by atoms with E-state index in [1.165, 1.54) is 9.80 Å². The Kier molecular flexibility index (Phi) is 21.0. The van der Waals surface area contributed by atoms with Crippen LogP contribution in [0.5, 0.6) is 0 Å². The number of amides is 5. The number of rotatable bonds is 23. The standard InChI is InChI=1S/C45H80N8O12S/c1-14-18-25-45(24-17-4,26-19-15-2)52(28-20-16-3)64-66(58,59)65-53-33-21-22-36(51(32-33)40(53)56)35-31-34(63-49-35)23-29-50(41(57)62-44(11,12)13)30-27-46-37(47-38(54)60-42(5,6)7)48-39(55)61-43(8,9)10/h31,33,36H,14-30,32H2,1-13H3,(H2,46,47,48,54,55)/t33-,36-/m0/s1. The van der Waals surface area contributed by atoms with Crippen molar-refractivity contribution in [2.75, 3.05) is 32.7 Å². The molecule has 2 atom stereocenters. The summed E-state index contributed by atoms with van der Waals surface area (Å²) in [7, 11) is -4.69. The predicted octanol–water partition coefficient (Wildman–Crippen LogP) is 8.93. The van der Waals surface area contributed by atoms with Gasteiger partial charge in [0.25, 0.3) is 0 Å². The van der Waals surface area contributed by atoms with Crippen LogP contribution in [0.2, 0.25) is 0 Å². The fraction of sp³-hybridized carbons (Fsp3) is 0.822. The second-order valence-electron chi connectivity index (χ2n) is 20.1. The van der Waals surface area contributed by atoms with Crippen LogP contribution < -0.4 is 10.6 Å². The summed E-state index contributed by atoms with van der Waals surface area (Å²) in [6.45, 7) is 24.4. The number of fused-ring (bicyclic) bond motifs is 2. The molecule has 2 aliphatic heterocycles. The number of aliphatic imine (C=N–C) groups is 1. The molecule has 20 nitrogen and oxygen atoms in total. The Morgan fingerprint density at radius 2 is 1.38 bits per heavy atom. The van der Waals surface area contributed by atoms with Gasteiger partial charge in [0.05, 0.1) is 18.6 Å². The van der Waals surface area contributed by atoms with Crippen molar-refractivity contribution >= 4 is 40.7 Å². The first-order valence-electron chi connectivity index (χ1n) is 23.7. The number of aromatic nitrogens is 1. The molecule has 2 fully saturated rings. The Hall–Kier alpha value is -4.21. The molecule has 5 amide bonds. The monoisotopic (exact) mass is 957 g/mol. The Balaban J connectivity index is 1.76. The highest BCUT2D eigenvalue weighted by molar-refractivity contribution is 7.81. The fourth-order valence-corrected chi connectivity index (χ4v) is 8.67. The zero-order valence-corrected chi connectivity index (χ0v) is 42.8. The molecule has 2 N–H and O–H groups in total. The van der Waals surface area contributed by atoms with Crippen LogP contribution in [0.1, 0.15) is 185 Å². The minimum Gasteiger partial charge on any atom is -0.444 e. The SMILES string of the molecule is CCCCN(OS(=O)(=O)ON1C(=O)N2C[C@@H]1CC[C@H]2c1cc(CCN(CCN=C(NC(=O)OC(C)(C)C)NC(=O)OC(C)(C)C)C(=O)OC(C)(C)C)on1)C(CCC)(CCCC)CCCC. The number of ether oxygens (including phenoxy) is 3. The van der Waals surface area contributed by atoms with Crippen molar-refractivity contribution in [1.29, 1.82) is 0 Å². The van der Waals surface area contributed by atoms with Gasteiger partial charge >= 0.3 is 34.7 Å². The van der Waals surface area contributed by atoms with E-state index < -0.39 is 69.1 Å². The molecular weight excluding hydrogens is 877 g/mol. The van der Waals surface area contributed by atoms with Gasteiger partial charge in [0.2, 0.25) is 5.96 Å². The summed E-state index contributed by atoms with van der Waals surface area (Å²) in [5.74, 6) is 0.184. The predicted molar refractivity (Wildman–Crippen MR) is 248 cm³/mol. The minimum absolute atomic E-state index is 0.00753. The number of carbonyl (C=O) groups is 4. The summed E-state index contributed by atoms with van der Waals surface area (Å²) in [4.78, 5) is 59.8. The third-order valence-electron chi connectivity index (χ3n) is 10.7. The van der Waals surface area contributed by atoms with Crippen molar-refractivity contribution in [3.8, 4) is 0 Å².